The molecular weight excluding hydrogens is 164 g/mol. The fourth-order valence-corrected chi connectivity index (χ4v) is 1.65. The van der Waals surface area contributed by atoms with Gasteiger partial charge < -0.3 is 9.84 Å². The van der Waals surface area contributed by atoms with E-state index < -0.39 is 0 Å². The van der Waals surface area contributed by atoms with Crippen LogP contribution in [0, 0.1) is 13.8 Å². The summed E-state index contributed by atoms with van der Waals surface area (Å²) in [7, 11) is 1.66. The zero-order chi connectivity index (χ0) is 10.0. The average Bonchev–Trinajstić information content (AvgIpc) is 2.10. The summed E-state index contributed by atoms with van der Waals surface area (Å²) in [4.78, 5) is 0. The lowest BCUT2D eigenvalue weighted by molar-refractivity contribution is 0.402. The fourth-order valence-electron chi connectivity index (χ4n) is 1.65. The maximum atomic E-state index is 9.58. The molecule has 0 amide bonds. The maximum absolute atomic E-state index is 9.58. The highest BCUT2D eigenvalue weighted by atomic mass is 16.5. The first-order chi connectivity index (χ1) is 6.11. The third-order valence-corrected chi connectivity index (χ3v) is 2.38. The predicted molar refractivity (Wildman–Crippen MR) is 53.5 cm³/mol. The Labute approximate surface area is 79.2 Å². The van der Waals surface area contributed by atoms with Crippen LogP contribution in [0.5, 0.6) is 11.5 Å². The highest BCUT2D eigenvalue weighted by Crippen LogP contribution is 2.32. The molecule has 2 heteroatoms. The van der Waals surface area contributed by atoms with Gasteiger partial charge in [-0.15, -0.1) is 0 Å². The topological polar surface area (TPSA) is 29.5 Å². The molecule has 0 aliphatic rings. The van der Waals surface area contributed by atoms with Gasteiger partial charge >= 0.3 is 0 Å². The van der Waals surface area contributed by atoms with Crippen LogP contribution in [0.4, 0.5) is 0 Å². The van der Waals surface area contributed by atoms with Crippen LogP contribution in [0.25, 0.3) is 0 Å². The Morgan fingerprint density at radius 1 is 1.38 bits per heavy atom. The summed E-state index contributed by atoms with van der Waals surface area (Å²) < 4.78 is 5.29. The van der Waals surface area contributed by atoms with E-state index in [2.05, 4.69) is 6.92 Å². The molecule has 0 heterocycles. The van der Waals surface area contributed by atoms with Crippen molar-refractivity contribution in [1.82, 2.24) is 0 Å². The van der Waals surface area contributed by atoms with E-state index in [-0.39, 0.29) is 0 Å². The van der Waals surface area contributed by atoms with Crippen LogP contribution in [-0.4, -0.2) is 12.2 Å². The highest BCUT2D eigenvalue weighted by Gasteiger charge is 2.11. The van der Waals surface area contributed by atoms with E-state index in [1.165, 1.54) is 0 Å². The number of aromatic hydroxyl groups is 1. The second kappa shape index (κ2) is 3.69. The van der Waals surface area contributed by atoms with Crippen molar-refractivity contribution in [2.75, 3.05) is 7.11 Å². The molecule has 72 valence electrons. The van der Waals surface area contributed by atoms with Crippen molar-refractivity contribution in [3.8, 4) is 11.5 Å². The first-order valence-corrected chi connectivity index (χ1v) is 4.47. The average molecular weight is 180 g/mol. The van der Waals surface area contributed by atoms with Crippen LogP contribution < -0.4 is 4.74 Å². The van der Waals surface area contributed by atoms with Gasteiger partial charge in [-0.25, -0.2) is 0 Å². The smallest absolute Gasteiger partial charge is 0.125 e. The van der Waals surface area contributed by atoms with Gasteiger partial charge in [-0.2, -0.15) is 0 Å². The van der Waals surface area contributed by atoms with Crippen LogP contribution >= 0.6 is 0 Å². The Hall–Kier alpha value is -1.18. The number of hydrogen-bond acceptors (Lipinski definition) is 2. The lowest BCUT2D eigenvalue weighted by Crippen LogP contribution is -1.96. The van der Waals surface area contributed by atoms with Gasteiger partial charge in [-0.3, -0.25) is 0 Å². The number of phenols is 1. The molecule has 0 aliphatic carbocycles. The first kappa shape index (κ1) is 9.90. The largest absolute Gasteiger partial charge is 0.508 e. The minimum atomic E-state index is 0.357. The molecule has 1 aromatic rings. The highest BCUT2D eigenvalue weighted by molar-refractivity contribution is 5.52. The molecule has 1 rings (SSSR count). The predicted octanol–water partition coefficient (Wildman–Crippen LogP) is 2.58. The number of methoxy groups -OCH3 is 1. The second-order valence-electron chi connectivity index (χ2n) is 3.20. The molecule has 0 unspecified atom stereocenters. The SMILES string of the molecule is CCc1c(C)c(O)cc(C)c1OC. The van der Waals surface area contributed by atoms with Crippen molar-refractivity contribution in [2.45, 2.75) is 27.2 Å². The minimum Gasteiger partial charge on any atom is -0.508 e. The van der Waals surface area contributed by atoms with Gasteiger partial charge in [0.1, 0.15) is 11.5 Å². The van der Waals surface area contributed by atoms with Crippen molar-refractivity contribution in [3.05, 3.63) is 22.8 Å². The quantitative estimate of drug-likeness (QED) is 0.758. The third-order valence-electron chi connectivity index (χ3n) is 2.38. The summed E-state index contributed by atoms with van der Waals surface area (Å²) in [5.41, 5.74) is 3.01. The number of aryl methyl sites for hydroxylation is 1. The molecule has 13 heavy (non-hydrogen) atoms. The van der Waals surface area contributed by atoms with Gasteiger partial charge in [0.2, 0.25) is 0 Å². The van der Waals surface area contributed by atoms with E-state index >= 15 is 0 Å². The van der Waals surface area contributed by atoms with Gasteiger partial charge in [0.05, 0.1) is 7.11 Å². The molecule has 0 atom stereocenters. The van der Waals surface area contributed by atoms with Crippen LogP contribution in [0.3, 0.4) is 0 Å². The van der Waals surface area contributed by atoms with Crippen molar-refractivity contribution >= 4 is 0 Å². The molecule has 0 bridgehead atoms. The Morgan fingerprint density at radius 3 is 2.46 bits per heavy atom. The van der Waals surface area contributed by atoms with Crippen molar-refractivity contribution < 1.29 is 9.84 Å². The Balaban J connectivity index is 3.41. The second-order valence-corrected chi connectivity index (χ2v) is 3.20. The summed E-state index contributed by atoms with van der Waals surface area (Å²) in [6, 6.07) is 1.74. The van der Waals surface area contributed by atoms with Crippen molar-refractivity contribution in [1.29, 1.82) is 0 Å². The molecule has 0 aliphatic heterocycles. The number of hydrogen-bond donors (Lipinski definition) is 1. The Bertz CT molecular complexity index is 316. The maximum Gasteiger partial charge on any atom is 0.125 e. The van der Waals surface area contributed by atoms with Crippen molar-refractivity contribution in [2.24, 2.45) is 0 Å². The Morgan fingerprint density at radius 2 is 2.00 bits per heavy atom. The first-order valence-electron chi connectivity index (χ1n) is 4.47. The van der Waals surface area contributed by atoms with Crippen LogP contribution in [0.2, 0.25) is 0 Å². The summed E-state index contributed by atoms with van der Waals surface area (Å²) >= 11 is 0. The molecule has 0 saturated carbocycles. The van der Waals surface area contributed by atoms with Gasteiger partial charge in [-0.05, 0) is 37.5 Å². The van der Waals surface area contributed by atoms with E-state index in [4.69, 9.17) is 4.74 Å². The fraction of sp³-hybridized carbons (Fsp3) is 0.455. The number of phenolic OH excluding ortho intramolecular Hbond substituents is 1. The van der Waals surface area contributed by atoms with Crippen LogP contribution in [0.15, 0.2) is 6.07 Å². The zero-order valence-corrected chi connectivity index (χ0v) is 8.64. The number of benzene rings is 1. The van der Waals surface area contributed by atoms with Gasteiger partial charge in [0.15, 0.2) is 0 Å². The summed E-state index contributed by atoms with van der Waals surface area (Å²) in [5.74, 6) is 1.26. The van der Waals surface area contributed by atoms with Gasteiger partial charge in [-0.1, -0.05) is 6.92 Å². The molecule has 2 nitrogen and oxygen atoms in total. The number of rotatable bonds is 2. The molecular formula is C11H16O2. The summed E-state index contributed by atoms with van der Waals surface area (Å²) in [6.07, 6.45) is 0.879. The monoisotopic (exact) mass is 180 g/mol. The van der Waals surface area contributed by atoms with Crippen molar-refractivity contribution in [3.63, 3.8) is 0 Å². The molecule has 1 N–H and O–H groups in total. The van der Waals surface area contributed by atoms with E-state index in [9.17, 15) is 5.11 Å². The zero-order valence-electron chi connectivity index (χ0n) is 8.64. The van der Waals surface area contributed by atoms with Crippen LogP contribution in [-0.2, 0) is 6.42 Å². The summed E-state index contributed by atoms with van der Waals surface area (Å²) in [5, 5.41) is 9.58. The van der Waals surface area contributed by atoms with Gasteiger partial charge in [0.25, 0.3) is 0 Å². The van der Waals surface area contributed by atoms with E-state index in [1.54, 1.807) is 13.2 Å². The number of ether oxygens (including phenoxy) is 1. The molecule has 0 radical (unpaired) electrons. The molecule has 0 spiro atoms. The molecule has 0 fully saturated rings. The molecule has 1 aromatic carbocycles. The standard InChI is InChI=1S/C11H16O2/c1-5-9-8(3)10(12)6-7(2)11(9)13-4/h6,12H,5H2,1-4H3. The normalized spacial score (nSPS) is 10.2. The van der Waals surface area contributed by atoms with E-state index in [1.807, 2.05) is 13.8 Å². The third kappa shape index (κ3) is 1.62. The van der Waals surface area contributed by atoms with E-state index in [0.717, 1.165) is 28.9 Å². The molecule has 0 saturated heterocycles. The van der Waals surface area contributed by atoms with E-state index in [0.29, 0.717) is 5.75 Å². The van der Waals surface area contributed by atoms with Gasteiger partial charge in [0, 0.05) is 5.56 Å². The van der Waals surface area contributed by atoms with Crippen LogP contribution in [0.1, 0.15) is 23.6 Å². The molecule has 0 aromatic heterocycles. The summed E-state index contributed by atoms with van der Waals surface area (Å²) in [6.45, 7) is 5.91. The minimum absolute atomic E-state index is 0.357. The Kier molecular flexibility index (Phi) is 2.81. The lowest BCUT2D eigenvalue weighted by Gasteiger charge is -2.14. The lowest BCUT2D eigenvalue weighted by atomic mass is 10.0.